The summed E-state index contributed by atoms with van der Waals surface area (Å²) in [7, 11) is 0. The van der Waals surface area contributed by atoms with Crippen LogP contribution in [-0.4, -0.2) is 17.4 Å². The fraction of sp³-hybridized carbons (Fsp3) is 0.929. The predicted molar refractivity (Wildman–Crippen MR) is 76.6 cm³/mol. The minimum absolute atomic E-state index is 0.115. The molecule has 0 bridgehead atoms. The van der Waals surface area contributed by atoms with Gasteiger partial charge in [-0.15, -0.1) is 0 Å². The van der Waals surface area contributed by atoms with Crippen LogP contribution in [0.25, 0.3) is 0 Å². The average molecular weight is 307 g/mol. The monoisotopic (exact) mass is 306 g/mol. The van der Waals surface area contributed by atoms with Gasteiger partial charge in [-0.25, -0.2) is 0 Å². The summed E-state index contributed by atoms with van der Waals surface area (Å²) >= 11 is 3.29. The number of esters is 1. The van der Waals surface area contributed by atoms with E-state index in [1.165, 1.54) is 44.9 Å². The number of alkyl halides is 1. The van der Waals surface area contributed by atoms with E-state index in [0.717, 1.165) is 12.8 Å². The van der Waals surface area contributed by atoms with Gasteiger partial charge >= 0.3 is 5.97 Å². The van der Waals surface area contributed by atoms with E-state index < -0.39 is 0 Å². The third-order valence-electron chi connectivity index (χ3n) is 2.86. The molecule has 0 aromatic heterocycles. The summed E-state index contributed by atoms with van der Waals surface area (Å²) in [6.45, 7) is 4.79. The molecular formula is C14H27BrO2. The van der Waals surface area contributed by atoms with Gasteiger partial charge in [-0.1, -0.05) is 74.7 Å². The molecule has 0 aliphatic rings. The lowest BCUT2D eigenvalue weighted by Gasteiger charge is -2.07. The van der Waals surface area contributed by atoms with Gasteiger partial charge in [-0.05, 0) is 12.8 Å². The molecule has 0 aromatic carbocycles. The highest BCUT2D eigenvalue weighted by Crippen LogP contribution is 2.10. The molecule has 3 heteroatoms. The fourth-order valence-electron chi connectivity index (χ4n) is 1.67. The Balaban J connectivity index is 3.16. The van der Waals surface area contributed by atoms with Crippen molar-refractivity contribution in [1.29, 1.82) is 0 Å². The normalized spacial score (nSPS) is 12.4. The first-order valence-electron chi connectivity index (χ1n) is 7.03. The van der Waals surface area contributed by atoms with E-state index in [1.807, 2.05) is 6.92 Å². The molecular weight excluding hydrogens is 280 g/mol. The molecule has 0 aliphatic carbocycles. The summed E-state index contributed by atoms with van der Waals surface area (Å²) in [4.78, 5) is 11.2. The van der Waals surface area contributed by atoms with Crippen LogP contribution in [0.4, 0.5) is 0 Å². The zero-order valence-electron chi connectivity index (χ0n) is 11.3. The molecule has 0 heterocycles. The molecule has 0 aromatic rings. The lowest BCUT2D eigenvalue weighted by atomic mass is 10.1. The van der Waals surface area contributed by atoms with E-state index in [0.29, 0.717) is 6.61 Å². The summed E-state index contributed by atoms with van der Waals surface area (Å²) in [5.74, 6) is -0.115. The number of unbranched alkanes of at least 4 members (excludes halogenated alkanes) is 7. The van der Waals surface area contributed by atoms with Crippen molar-refractivity contribution in [3.8, 4) is 0 Å². The van der Waals surface area contributed by atoms with Crippen molar-refractivity contribution in [1.82, 2.24) is 0 Å². The molecule has 1 unspecified atom stereocenters. The largest absolute Gasteiger partial charge is 0.465 e. The topological polar surface area (TPSA) is 26.3 Å². The lowest BCUT2D eigenvalue weighted by molar-refractivity contribution is -0.142. The van der Waals surface area contributed by atoms with Crippen LogP contribution in [0.3, 0.4) is 0 Å². The summed E-state index contributed by atoms with van der Waals surface area (Å²) in [5, 5.41) is 0. The average Bonchev–Trinajstić information content (AvgIpc) is 2.35. The Morgan fingerprint density at radius 3 is 2.06 bits per heavy atom. The molecule has 0 saturated heterocycles. The summed E-state index contributed by atoms with van der Waals surface area (Å²) < 4.78 is 5.15. The van der Waals surface area contributed by atoms with Crippen molar-refractivity contribution in [3.63, 3.8) is 0 Å². The first-order chi connectivity index (χ1) is 8.22. The Kier molecular flexibility index (Phi) is 12.4. The van der Waals surface area contributed by atoms with Gasteiger partial charge in [-0.3, -0.25) is 4.79 Å². The van der Waals surface area contributed by atoms with Crippen molar-refractivity contribution < 1.29 is 9.53 Å². The standard InChI is InChI=1S/C14H27BrO2/c1-3-5-6-7-8-9-10-11-12-17-14(16)13(15)4-2/h13H,3-12H2,1-2H3. The SMILES string of the molecule is CCCCCCCCCCOC(=O)C(Br)CC. The number of hydrogen-bond donors (Lipinski definition) is 0. The smallest absolute Gasteiger partial charge is 0.319 e. The van der Waals surface area contributed by atoms with Crippen LogP contribution >= 0.6 is 15.9 Å². The Labute approximate surface area is 115 Å². The van der Waals surface area contributed by atoms with Crippen molar-refractivity contribution in [3.05, 3.63) is 0 Å². The van der Waals surface area contributed by atoms with Gasteiger partial charge < -0.3 is 4.74 Å². The summed E-state index contributed by atoms with van der Waals surface area (Å²) in [6.07, 6.45) is 11.0. The van der Waals surface area contributed by atoms with Gasteiger partial charge in [0.1, 0.15) is 4.83 Å². The van der Waals surface area contributed by atoms with Crippen molar-refractivity contribution >= 4 is 21.9 Å². The second kappa shape index (κ2) is 12.4. The molecule has 0 radical (unpaired) electrons. The maximum absolute atomic E-state index is 11.3. The Hall–Kier alpha value is -0.0500. The Morgan fingerprint density at radius 2 is 1.53 bits per heavy atom. The quantitative estimate of drug-likeness (QED) is 0.310. The molecule has 2 nitrogen and oxygen atoms in total. The van der Waals surface area contributed by atoms with Crippen LogP contribution < -0.4 is 0 Å². The Bertz CT molecular complexity index is 183. The number of ether oxygens (including phenoxy) is 1. The van der Waals surface area contributed by atoms with Crippen LogP contribution in [0.1, 0.15) is 71.6 Å². The van der Waals surface area contributed by atoms with Gasteiger partial charge in [0.2, 0.25) is 0 Å². The van der Waals surface area contributed by atoms with Crippen LogP contribution in [0, 0.1) is 0 Å². The van der Waals surface area contributed by atoms with Crippen LogP contribution in [0.15, 0.2) is 0 Å². The molecule has 102 valence electrons. The van der Waals surface area contributed by atoms with E-state index in [2.05, 4.69) is 22.9 Å². The van der Waals surface area contributed by atoms with Crippen LogP contribution in [0.5, 0.6) is 0 Å². The molecule has 0 aliphatic heterocycles. The second-order valence-electron chi connectivity index (χ2n) is 4.52. The number of hydrogen-bond acceptors (Lipinski definition) is 2. The van der Waals surface area contributed by atoms with Gasteiger partial charge in [0.15, 0.2) is 0 Å². The van der Waals surface area contributed by atoms with Crippen molar-refractivity contribution in [2.75, 3.05) is 6.61 Å². The van der Waals surface area contributed by atoms with Crippen molar-refractivity contribution in [2.45, 2.75) is 76.5 Å². The highest BCUT2D eigenvalue weighted by molar-refractivity contribution is 9.10. The highest BCUT2D eigenvalue weighted by atomic mass is 79.9. The third kappa shape index (κ3) is 10.8. The summed E-state index contributed by atoms with van der Waals surface area (Å²) in [5.41, 5.74) is 0. The maximum Gasteiger partial charge on any atom is 0.319 e. The number of halogens is 1. The van der Waals surface area contributed by atoms with E-state index in [-0.39, 0.29) is 10.8 Å². The zero-order chi connectivity index (χ0) is 12.9. The maximum atomic E-state index is 11.3. The number of rotatable bonds is 11. The van der Waals surface area contributed by atoms with Crippen molar-refractivity contribution in [2.24, 2.45) is 0 Å². The molecule has 0 saturated carbocycles. The third-order valence-corrected chi connectivity index (χ3v) is 3.88. The van der Waals surface area contributed by atoms with E-state index in [9.17, 15) is 4.79 Å². The minimum atomic E-state index is -0.128. The lowest BCUT2D eigenvalue weighted by Crippen LogP contribution is -2.16. The molecule has 1 atom stereocenters. The molecule has 17 heavy (non-hydrogen) atoms. The van der Waals surface area contributed by atoms with E-state index >= 15 is 0 Å². The predicted octanol–water partition coefficient (Wildman–Crippen LogP) is 4.84. The molecule has 0 spiro atoms. The fourth-order valence-corrected chi connectivity index (χ4v) is 1.80. The van der Waals surface area contributed by atoms with E-state index in [4.69, 9.17) is 4.74 Å². The number of carbonyl (C=O) groups is 1. The second-order valence-corrected chi connectivity index (χ2v) is 5.62. The van der Waals surface area contributed by atoms with Gasteiger partial charge in [0.05, 0.1) is 6.61 Å². The minimum Gasteiger partial charge on any atom is -0.465 e. The molecule has 0 rings (SSSR count). The van der Waals surface area contributed by atoms with Crippen LogP contribution in [0.2, 0.25) is 0 Å². The first-order valence-corrected chi connectivity index (χ1v) is 7.94. The highest BCUT2D eigenvalue weighted by Gasteiger charge is 2.12. The molecule has 0 amide bonds. The number of carbonyl (C=O) groups excluding carboxylic acids is 1. The van der Waals surface area contributed by atoms with Gasteiger partial charge in [-0.2, -0.15) is 0 Å². The molecule has 0 N–H and O–H groups in total. The van der Waals surface area contributed by atoms with E-state index in [1.54, 1.807) is 0 Å². The summed E-state index contributed by atoms with van der Waals surface area (Å²) in [6, 6.07) is 0. The Morgan fingerprint density at radius 1 is 1.00 bits per heavy atom. The van der Waals surface area contributed by atoms with Gasteiger partial charge in [0.25, 0.3) is 0 Å². The van der Waals surface area contributed by atoms with Crippen LogP contribution in [-0.2, 0) is 9.53 Å². The zero-order valence-corrected chi connectivity index (χ0v) is 12.9. The van der Waals surface area contributed by atoms with Gasteiger partial charge in [0, 0.05) is 0 Å². The molecule has 0 fully saturated rings. The first kappa shape index (κ1) is 16.9.